The summed E-state index contributed by atoms with van der Waals surface area (Å²) in [5.74, 6) is -2.10. The maximum Gasteiger partial charge on any atom is 0.428 e. The molecule has 1 amide bonds. The Balaban J connectivity index is 1.63. The van der Waals surface area contributed by atoms with Gasteiger partial charge in [-0.15, -0.1) is 0 Å². The molecular weight excluding hydrogens is 511 g/mol. The molecule has 0 saturated carbocycles. The number of carbonyl (C=O) groups excluding carboxylic acids is 2. The maximum absolute atomic E-state index is 14.1. The predicted octanol–water partition coefficient (Wildman–Crippen LogP) is 5.76. The monoisotopic (exact) mass is 526 g/mol. The van der Waals surface area contributed by atoms with Crippen molar-refractivity contribution < 1.29 is 32.0 Å². The summed E-state index contributed by atoms with van der Waals surface area (Å²) < 4.78 is 56.0. The van der Waals surface area contributed by atoms with Gasteiger partial charge >= 0.3 is 6.18 Å². The van der Waals surface area contributed by atoms with Crippen molar-refractivity contribution in [3.8, 4) is 0 Å². The first-order valence-electron chi connectivity index (χ1n) is 10.1. The number of nitrogens with one attached hydrogen (secondary N) is 1. The minimum atomic E-state index is -4.99. The van der Waals surface area contributed by atoms with Crippen LogP contribution < -0.4 is 11.2 Å². The summed E-state index contributed by atoms with van der Waals surface area (Å²) in [5, 5.41) is -0.0251. The number of primary amides is 1. The fourth-order valence-electron chi connectivity index (χ4n) is 3.97. The topological polar surface area (TPSA) is 81.4 Å². The zero-order valence-corrected chi connectivity index (χ0v) is 19.2. The lowest BCUT2D eigenvalue weighted by atomic mass is 9.91. The predicted molar refractivity (Wildman–Crippen MR) is 122 cm³/mol. The molecule has 4 rings (SSSR count). The van der Waals surface area contributed by atoms with Crippen LogP contribution in [0.15, 0.2) is 60.3 Å². The number of halogens is 6. The van der Waals surface area contributed by atoms with Gasteiger partial charge in [-0.05, 0) is 40.6 Å². The van der Waals surface area contributed by atoms with Gasteiger partial charge in [-0.2, -0.15) is 13.2 Å². The highest BCUT2D eigenvalue weighted by Gasteiger charge is 2.59. The van der Waals surface area contributed by atoms with Gasteiger partial charge in [-0.3, -0.25) is 19.9 Å². The number of Topliss-reactive ketones (excluding diaryl/α,β-unsaturated/α-hetero) is 1. The normalized spacial score (nSPS) is 17.8. The molecule has 1 aliphatic rings. The number of alkyl halides is 3. The maximum atomic E-state index is 14.1. The summed E-state index contributed by atoms with van der Waals surface area (Å²) in [6.45, 7) is 0. The fourth-order valence-corrected chi connectivity index (χ4v) is 4.46. The third kappa shape index (κ3) is 4.59. The van der Waals surface area contributed by atoms with Crippen molar-refractivity contribution in [2.75, 3.05) is 0 Å². The van der Waals surface area contributed by atoms with E-state index in [4.69, 9.17) is 33.8 Å². The van der Waals surface area contributed by atoms with E-state index in [2.05, 4.69) is 5.48 Å². The number of fused-ring (bicyclic) bond motifs is 1. The molecule has 3 aromatic carbocycles. The highest BCUT2D eigenvalue weighted by atomic mass is 35.5. The Kier molecular flexibility index (Phi) is 6.52. The number of allylic oxidation sites excluding steroid dienone is 1. The molecule has 182 valence electrons. The van der Waals surface area contributed by atoms with Crippen molar-refractivity contribution >= 4 is 45.7 Å². The van der Waals surface area contributed by atoms with E-state index in [1.54, 1.807) is 30.3 Å². The molecule has 0 aliphatic carbocycles. The summed E-state index contributed by atoms with van der Waals surface area (Å²) in [7, 11) is 0. The molecule has 1 atom stereocenters. The second-order valence-electron chi connectivity index (χ2n) is 7.94. The minimum Gasteiger partial charge on any atom is -0.366 e. The van der Waals surface area contributed by atoms with Crippen LogP contribution in [0.3, 0.4) is 0 Å². The first kappa shape index (κ1) is 25.0. The van der Waals surface area contributed by atoms with Crippen molar-refractivity contribution in [1.29, 1.82) is 0 Å². The molecule has 0 saturated heterocycles. The molecule has 1 unspecified atom stereocenters. The molecule has 0 radical (unpaired) electrons. The van der Waals surface area contributed by atoms with Gasteiger partial charge in [0.25, 0.3) is 0 Å². The van der Waals surface area contributed by atoms with Gasteiger partial charge in [0.1, 0.15) is 5.78 Å². The van der Waals surface area contributed by atoms with Gasteiger partial charge in [-0.1, -0.05) is 53.5 Å². The van der Waals surface area contributed by atoms with Gasteiger partial charge in [-0.25, -0.2) is 4.39 Å². The lowest BCUT2D eigenvalue weighted by Gasteiger charge is -2.28. The molecule has 3 N–H and O–H groups in total. The number of ketones is 1. The first-order chi connectivity index (χ1) is 16.4. The quantitative estimate of drug-likeness (QED) is 0.316. The molecule has 11 heteroatoms. The lowest BCUT2D eigenvalue weighted by Crippen LogP contribution is -2.42. The van der Waals surface area contributed by atoms with E-state index in [-0.39, 0.29) is 17.7 Å². The van der Waals surface area contributed by atoms with Gasteiger partial charge in [0, 0.05) is 29.7 Å². The molecule has 35 heavy (non-hydrogen) atoms. The molecule has 0 bridgehead atoms. The summed E-state index contributed by atoms with van der Waals surface area (Å²) in [6.07, 6.45) is -4.81. The second kappa shape index (κ2) is 9.14. The number of amides is 1. The number of hydrogen-bond donors (Lipinski definition) is 2. The molecule has 0 spiro atoms. The van der Waals surface area contributed by atoms with Gasteiger partial charge < -0.3 is 5.73 Å². The molecule has 1 heterocycles. The molecule has 5 nitrogen and oxygen atoms in total. The van der Waals surface area contributed by atoms with Crippen LogP contribution >= 0.6 is 23.2 Å². The number of nitrogens with two attached hydrogens (primary N) is 1. The minimum absolute atomic E-state index is 0.119. The molecule has 0 aromatic heterocycles. The number of hydrogen-bond acceptors (Lipinski definition) is 4. The van der Waals surface area contributed by atoms with Crippen LogP contribution in [0.5, 0.6) is 0 Å². The van der Waals surface area contributed by atoms with Gasteiger partial charge in [0.2, 0.25) is 11.5 Å². The van der Waals surface area contributed by atoms with E-state index in [0.29, 0.717) is 22.4 Å². The average Bonchev–Trinajstić information content (AvgIpc) is 3.22. The Morgan fingerprint density at radius 1 is 1.00 bits per heavy atom. The molecular formula is C24H16Cl2F4N2O3. The Morgan fingerprint density at radius 3 is 2.23 bits per heavy atom. The van der Waals surface area contributed by atoms with Crippen molar-refractivity contribution in [1.82, 2.24) is 5.48 Å². The van der Waals surface area contributed by atoms with E-state index in [0.717, 1.165) is 12.1 Å². The van der Waals surface area contributed by atoms with Crippen molar-refractivity contribution in [2.24, 2.45) is 5.73 Å². The second-order valence-corrected chi connectivity index (χ2v) is 8.75. The standard InChI is InChI=1S/C24H16Cl2F4N2O3/c25-19-8-13(9-20(26)21(19)27)23(24(28,29)30)11-14(32-35-23)10-15(33)7-12-5-6-18(22(31)34)17-4-2-1-3-16(12)17/h1-6,8-9,11,32H,7,10H2,(H2,31,34). The fraction of sp³-hybridized carbons (Fsp3) is 0.167. The van der Waals surface area contributed by atoms with E-state index >= 15 is 0 Å². The van der Waals surface area contributed by atoms with E-state index in [1.165, 1.54) is 6.07 Å². The average molecular weight is 527 g/mol. The molecule has 3 aromatic rings. The van der Waals surface area contributed by atoms with Crippen LogP contribution in [-0.4, -0.2) is 17.9 Å². The zero-order chi connectivity index (χ0) is 25.5. The van der Waals surface area contributed by atoms with Crippen LogP contribution in [0, 0.1) is 5.82 Å². The Labute approximate surface area is 206 Å². The molecule has 1 aliphatic heterocycles. The summed E-state index contributed by atoms with van der Waals surface area (Å²) >= 11 is 11.4. The summed E-state index contributed by atoms with van der Waals surface area (Å²) in [5.41, 5.74) is 4.72. The van der Waals surface area contributed by atoms with Crippen LogP contribution in [0.2, 0.25) is 10.0 Å². The van der Waals surface area contributed by atoms with Gasteiger partial charge in [0.15, 0.2) is 5.82 Å². The Hall–Kier alpha value is -3.14. The largest absolute Gasteiger partial charge is 0.428 e. The van der Waals surface area contributed by atoms with Crippen molar-refractivity contribution in [2.45, 2.75) is 24.6 Å². The van der Waals surface area contributed by atoms with Crippen molar-refractivity contribution in [3.05, 3.63) is 92.9 Å². The smallest absolute Gasteiger partial charge is 0.366 e. The van der Waals surface area contributed by atoms with E-state index in [1.807, 2.05) is 0 Å². The Bertz CT molecular complexity index is 1370. The summed E-state index contributed by atoms with van der Waals surface area (Å²) in [6, 6.07) is 11.5. The van der Waals surface area contributed by atoms with Gasteiger partial charge in [0.05, 0.1) is 10.0 Å². The van der Waals surface area contributed by atoms with E-state index in [9.17, 15) is 27.2 Å². The SMILES string of the molecule is NC(=O)c1ccc(CC(=O)CC2=CC(c3cc(Cl)c(F)c(Cl)c3)(C(F)(F)F)ON2)c2ccccc12. The zero-order valence-electron chi connectivity index (χ0n) is 17.7. The molecule has 0 fully saturated rings. The number of rotatable bonds is 6. The van der Waals surface area contributed by atoms with Crippen LogP contribution in [0.1, 0.15) is 27.9 Å². The Morgan fingerprint density at radius 2 is 1.63 bits per heavy atom. The number of benzene rings is 3. The highest BCUT2D eigenvalue weighted by Crippen LogP contribution is 2.47. The van der Waals surface area contributed by atoms with Crippen LogP contribution in [0.4, 0.5) is 17.6 Å². The highest BCUT2D eigenvalue weighted by molar-refractivity contribution is 6.35. The third-order valence-corrected chi connectivity index (χ3v) is 6.16. The van der Waals surface area contributed by atoms with E-state index < -0.39 is 51.3 Å². The third-order valence-electron chi connectivity index (χ3n) is 5.61. The van der Waals surface area contributed by atoms with Crippen LogP contribution in [-0.2, 0) is 21.7 Å². The first-order valence-corrected chi connectivity index (χ1v) is 10.9. The summed E-state index contributed by atoms with van der Waals surface area (Å²) in [4.78, 5) is 29.4. The van der Waals surface area contributed by atoms with Crippen LogP contribution in [0.25, 0.3) is 10.8 Å². The number of carbonyl (C=O) groups is 2. The van der Waals surface area contributed by atoms with Crippen molar-refractivity contribution in [3.63, 3.8) is 0 Å². The lowest BCUT2D eigenvalue weighted by molar-refractivity contribution is -0.270. The number of hydroxylamine groups is 1.